The van der Waals surface area contributed by atoms with Gasteiger partial charge in [-0.05, 0) is 30.7 Å². The smallest absolute Gasteiger partial charge is 0.225 e. The van der Waals surface area contributed by atoms with E-state index in [0.29, 0.717) is 17.4 Å². The van der Waals surface area contributed by atoms with Crippen LogP contribution in [0.15, 0.2) is 18.2 Å². The van der Waals surface area contributed by atoms with Gasteiger partial charge in [-0.15, -0.1) is 0 Å². The van der Waals surface area contributed by atoms with E-state index in [4.69, 9.17) is 0 Å². The largest absolute Gasteiger partial charge is 0.326 e. The molecule has 0 unspecified atom stereocenters. The van der Waals surface area contributed by atoms with Crippen LogP contribution in [0.25, 0.3) is 0 Å². The summed E-state index contributed by atoms with van der Waals surface area (Å²) in [5.74, 6) is -0.453. The maximum Gasteiger partial charge on any atom is 0.225 e. The van der Waals surface area contributed by atoms with Crippen molar-refractivity contribution in [3.8, 4) is 0 Å². The number of rotatable bonds is 3. The topological polar surface area (TPSA) is 29.1 Å². The molecule has 1 aromatic rings. The minimum atomic E-state index is -0.334. The molecule has 1 amide bonds. The molecule has 0 heterocycles. The van der Waals surface area contributed by atoms with Crippen LogP contribution in [0.3, 0.4) is 0 Å². The summed E-state index contributed by atoms with van der Waals surface area (Å²) in [6.45, 7) is 1.78. The third-order valence-corrected chi connectivity index (χ3v) is 2.04. The fourth-order valence-electron chi connectivity index (χ4n) is 1.12. The molecule has 2 nitrogen and oxygen atoms in total. The predicted molar refractivity (Wildman–Crippen MR) is 58.2 cm³/mol. The molecule has 1 aromatic carbocycles. The van der Waals surface area contributed by atoms with E-state index in [2.05, 4.69) is 21.2 Å². The molecule has 0 aliphatic carbocycles. The third-order valence-electron chi connectivity index (χ3n) is 1.65. The van der Waals surface area contributed by atoms with Gasteiger partial charge in [-0.2, -0.15) is 0 Å². The van der Waals surface area contributed by atoms with Crippen LogP contribution in [-0.4, -0.2) is 11.2 Å². The lowest BCUT2D eigenvalue weighted by molar-refractivity contribution is -0.115. The number of anilines is 1. The molecule has 0 aliphatic heterocycles. The van der Waals surface area contributed by atoms with Crippen molar-refractivity contribution >= 4 is 27.5 Å². The van der Waals surface area contributed by atoms with Crippen molar-refractivity contribution in [2.75, 3.05) is 10.6 Å². The van der Waals surface area contributed by atoms with Gasteiger partial charge in [0.15, 0.2) is 0 Å². The molecular formula is C10H11BrFNO. The number of amides is 1. The fourth-order valence-corrected chi connectivity index (χ4v) is 1.48. The first kappa shape index (κ1) is 11.2. The average molecular weight is 260 g/mol. The number of aryl methyl sites for hydroxylation is 1. The maximum absolute atomic E-state index is 12.9. The SMILES string of the molecule is Cc1cc(F)cc(NC(=O)CCBr)c1. The highest BCUT2D eigenvalue weighted by Crippen LogP contribution is 2.13. The zero-order valence-corrected chi connectivity index (χ0v) is 9.40. The Hall–Kier alpha value is -0.900. The van der Waals surface area contributed by atoms with E-state index in [1.807, 2.05) is 0 Å². The molecule has 0 radical (unpaired) electrons. The number of hydrogen-bond acceptors (Lipinski definition) is 1. The minimum Gasteiger partial charge on any atom is -0.326 e. The number of carbonyl (C=O) groups is 1. The van der Waals surface area contributed by atoms with Crippen molar-refractivity contribution in [2.24, 2.45) is 0 Å². The number of carbonyl (C=O) groups excluding carboxylic acids is 1. The monoisotopic (exact) mass is 259 g/mol. The highest BCUT2D eigenvalue weighted by atomic mass is 79.9. The number of hydrogen-bond donors (Lipinski definition) is 1. The Morgan fingerprint density at radius 1 is 1.50 bits per heavy atom. The summed E-state index contributed by atoms with van der Waals surface area (Å²) in [4.78, 5) is 11.2. The van der Waals surface area contributed by atoms with Gasteiger partial charge in [-0.25, -0.2) is 4.39 Å². The Morgan fingerprint density at radius 2 is 2.21 bits per heavy atom. The van der Waals surface area contributed by atoms with Crippen LogP contribution in [-0.2, 0) is 4.79 Å². The summed E-state index contributed by atoms with van der Waals surface area (Å²) >= 11 is 3.16. The van der Waals surface area contributed by atoms with Crippen molar-refractivity contribution < 1.29 is 9.18 Å². The molecule has 14 heavy (non-hydrogen) atoms. The van der Waals surface area contributed by atoms with Gasteiger partial charge in [0.2, 0.25) is 5.91 Å². The molecule has 0 spiro atoms. The number of alkyl halides is 1. The van der Waals surface area contributed by atoms with Gasteiger partial charge in [0.05, 0.1) is 0 Å². The molecule has 0 saturated carbocycles. The van der Waals surface area contributed by atoms with Gasteiger partial charge in [-0.1, -0.05) is 15.9 Å². The highest BCUT2D eigenvalue weighted by molar-refractivity contribution is 9.09. The van der Waals surface area contributed by atoms with E-state index in [9.17, 15) is 9.18 Å². The van der Waals surface area contributed by atoms with Gasteiger partial charge in [0.25, 0.3) is 0 Å². The lowest BCUT2D eigenvalue weighted by Crippen LogP contribution is -2.11. The van der Waals surface area contributed by atoms with Crippen LogP contribution in [0, 0.1) is 12.7 Å². The molecule has 0 bridgehead atoms. The van der Waals surface area contributed by atoms with Crippen LogP contribution in [0.1, 0.15) is 12.0 Å². The number of nitrogens with one attached hydrogen (secondary N) is 1. The maximum atomic E-state index is 12.9. The van der Waals surface area contributed by atoms with Crippen LogP contribution in [0.4, 0.5) is 10.1 Å². The first-order chi connectivity index (χ1) is 6.61. The Morgan fingerprint density at radius 3 is 2.79 bits per heavy atom. The molecule has 0 aromatic heterocycles. The average Bonchev–Trinajstić information content (AvgIpc) is 2.01. The van der Waals surface area contributed by atoms with Crippen molar-refractivity contribution in [3.05, 3.63) is 29.6 Å². The van der Waals surface area contributed by atoms with Crippen molar-refractivity contribution in [2.45, 2.75) is 13.3 Å². The molecule has 0 fully saturated rings. The number of benzene rings is 1. The summed E-state index contributed by atoms with van der Waals surface area (Å²) in [6, 6.07) is 4.45. The Balaban J connectivity index is 2.71. The quantitative estimate of drug-likeness (QED) is 0.832. The normalized spacial score (nSPS) is 9.93. The molecule has 0 aliphatic rings. The van der Waals surface area contributed by atoms with Gasteiger partial charge in [0, 0.05) is 17.4 Å². The van der Waals surface area contributed by atoms with E-state index >= 15 is 0 Å². The Kier molecular flexibility index (Phi) is 4.07. The molecule has 1 N–H and O–H groups in total. The van der Waals surface area contributed by atoms with Gasteiger partial charge in [0.1, 0.15) is 5.82 Å². The Labute approximate surface area is 90.6 Å². The van der Waals surface area contributed by atoms with E-state index < -0.39 is 0 Å². The van der Waals surface area contributed by atoms with Gasteiger partial charge >= 0.3 is 0 Å². The third kappa shape index (κ3) is 3.46. The Bertz CT molecular complexity index is 321. The van der Waals surface area contributed by atoms with E-state index in [0.717, 1.165) is 5.56 Å². The van der Waals surface area contributed by atoms with Crippen molar-refractivity contribution in [1.29, 1.82) is 0 Å². The first-order valence-electron chi connectivity index (χ1n) is 4.25. The lowest BCUT2D eigenvalue weighted by Gasteiger charge is -2.05. The van der Waals surface area contributed by atoms with E-state index in [1.54, 1.807) is 13.0 Å². The van der Waals surface area contributed by atoms with Gasteiger partial charge < -0.3 is 5.32 Å². The summed E-state index contributed by atoms with van der Waals surface area (Å²) in [7, 11) is 0. The van der Waals surface area contributed by atoms with Crippen LogP contribution in [0.5, 0.6) is 0 Å². The molecular weight excluding hydrogens is 249 g/mol. The molecule has 4 heteroatoms. The summed E-state index contributed by atoms with van der Waals surface area (Å²) < 4.78 is 12.9. The predicted octanol–water partition coefficient (Wildman–Crippen LogP) is 2.86. The van der Waals surface area contributed by atoms with Crippen LogP contribution < -0.4 is 5.32 Å². The molecule has 76 valence electrons. The summed E-state index contributed by atoms with van der Waals surface area (Å²) in [5, 5.41) is 3.22. The summed E-state index contributed by atoms with van der Waals surface area (Å²) in [5.41, 5.74) is 1.30. The van der Waals surface area contributed by atoms with Crippen molar-refractivity contribution in [1.82, 2.24) is 0 Å². The van der Waals surface area contributed by atoms with E-state index in [1.165, 1.54) is 12.1 Å². The van der Waals surface area contributed by atoms with Gasteiger partial charge in [-0.3, -0.25) is 4.79 Å². The minimum absolute atomic E-state index is 0.119. The standard InChI is InChI=1S/C10H11BrFNO/c1-7-4-8(12)6-9(5-7)13-10(14)2-3-11/h4-6H,2-3H2,1H3,(H,13,14). The molecule has 1 rings (SSSR count). The zero-order valence-electron chi connectivity index (χ0n) is 7.81. The van der Waals surface area contributed by atoms with Crippen LogP contribution in [0.2, 0.25) is 0 Å². The molecule has 0 saturated heterocycles. The lowest BCUT2D eigenvalue weighted by atomic mass is 10.2. The van der Waals surface area contributed by atoms with E-state index in [-0.39, 0.29) is 11.7 Å². The van der Waals surface area contributed by atoms with Crippen molar-refractivity contribution in [3.63, 3.8) is 0 Å². The number of halogens is 2. The second-order valence-corrected chi connectivity index (χ2v) is 3.80. The molecule has 0 atom stereocenters. The second kappa shape index (κ2) is 5.10. The fraction of sp³-hybridized carbons (Fsp3) is 0.300. The second-order valence-electron chi connectivity index (χ2n) is 3.00. The highest BCUT2D eigenvalue weighted by Gasteiger charge is 2.02. The zero-order chi connectivity index (χ0) is 10.6. The summed E-state index contributed by atoms with van der Waals surface area (Å²) in [6.07, 6.45) is 0.384. The van der Waals surface area contributed by atoms with Crippen LogP contribution >= 0.6 is 15.9 Å². The first-order valence-corrected chi connectivity index (χ1v) is 5.37.